The van der Waals surface area contributed by atoms with Crippen LogP contribution in [0.4, 0.5) is 10.5 Å². The first-order valence-electron chi connectivity index (χ1n) is 10.2. The van der Waals surface area contributed by atoms with Crippen LogP contribution in [0.2, 0.25) is 10.0 Å². The SMILES string of the molecule is CC1=C(c2nc(-c3ccccc3)no2)C(c2ccc(Cl)cc2)NC(=O)N1c1cccc(Cl)c1. The maximum atomic E-state index is 13.2. The Labute approximate surface area is 200 Å². The third-order valence-electron chi connectivity index (χ3n) is 5.44. The van der Waals surface area contributed by atoms with Crippen molar-refractivity contribution in [3.8, 4) is 11.4 Å². The fourth-order valence-electron chi connectivity index (χ4n) is 3.89. The number of amides is 2. The summed E-state index contributed by atoms with van der Waals surface area (Å²) in [6.07, 6.45) is 0. The average molecular weight is 477 g/mol. The van der Waals surface area contributed by atoms with Gasteiger partial charge in [0.05, 0.1) is 17.3 Å². The van der Waals surface area contributed by atoms with Crippen molar-refractivity contribution in [1.82, 2.24) is 15.5 Å². The number of benzene rings is 3. The molecule has 0 spiro atoms. The second kappa shape index (κ2) is 8.73. The molecule has 2 amide bonds. The van der Waals surface area contributed by atoms with E-state index in [1.54, 1.807) is 35.2 Å². The molecule has 1 aromatic heterocycles. The number of allylic oxidation sites excluding steroid dienone is 1. The molecule has 5 rings (SSSR count). The molecule has 8 heteroatoms. The second-order valence-corrected chi connectivity index (χ2v) is 8.41. The molecule has 2 heterocycles. The molecular formula is C25H18Cl2N4O2. The lowest BCUT2D eigenvalue weighted by atomic mass is 9.94. The highest BCUT2D eigenvalue weighted by Gasteiger charge is 2.36. The molecule has 6 nitrogen and oxygen atoms in total. The van der Waals surface area contributed by atoms with Gasteiger partial charge in [-0.15, -0.1) is 0 Å². The van der Waals surface area contributed by atoms with Crippen LogP contribution in [0.1, 0.15) is 24.4 Å². The predicted octanol–water partition coefficient (Wildman–Crippen LogP) is 6.75. The van der Waals surface area contributed by atoms with Gasteiger partial charge in [-0.3, -0.25) is 4.90 Å². The topological polar surface area (TPSA) is 71.3 Å². The Morgan fingerprint density at radius 1 is 0.939 bits per heavy atom. The van der Waals surface area contributed by atoms with Gasteiger partial charge in [0, 0.05) is 21.3 Å². The number of aromatic nitrogens is 2. The number of rotatable bonds is 4. The van der Waals surface area contributed by atoms with Crippen LogP contribution in [0.15, 0.2) is 89.1 Å². The van der Waals surface area contributed by atoms with Gasteiger partial charge in [0.25, 0.3) is 5.89 Å². The summed E-state index contributed by atoms with van der Waals surface area (Å²) in [5.41, 5.74) is 3.65. The van der Waals surface area contributed by atoms with E-state index in [1.807, 2.05) is 55.5 Å². The lowest BCUT2D eigenvalue weighted by Crippen LogP contribution is -2.46. The number of nitrogens with one attached hydrogen (secondary N) is 1. The fourth-order valence-corrected chi connectivity index (χ4v) is 4.20. The molecule has 0 saturated heterocycles. The van der Waals surface area contributed by atoms with Crippen LogP contribution in [0.3, 0.4) is 0 Å². The van der Waals surface area contributed by atoms with E-state index in [0.717, 1.165) is 11.1 Å². The van der Waals surface area contributed by atoms with Crippen molar-refractivity contribution in [2.75, 3.05) is 4.90 Å². The van der Waals surface area contributed by atoms with Crippen LogP contribution >= 0.6 is 23.2 Å². The van der Waals surface area contributed by atoms with E-state index in [9.17, 15) is 4.79 Å². The molecule has 1 aliphatic heterocycles. The molecule has 3 aromatic carbocycles. The Hall–Kier alpha value is -3.61. The Morgan fingerprint density at radius 3 is 2.42 bits per heavy atom. The molecule has 0 fully saturated rings. The molecule has 1 aliphatic rings. The summed E-state index contributed by atoms with van der Waals surface area (Å²) in [5.74, 6) is 0.783. The Morgan fingerprint density at radius 2 is 1.70 bits per heavy atom. The molecule has 33 heavy (non-hydrogen) atoms. The standard InChI is InChI=1S/C25H18Cl2N4O2/c1-15-21(24-29-23(30-33-24)17-6-3-2-4-7-17)22(16-10-12-18(26)13-11-16)28-25(32)31(15)20-9-5-8-19(27)14-20/h2-14,22H,1H3,(H,28,32). The molecule has 0 saturated carbocycles. The summed E-state index contributed by atoms with van der Waals surface area (Å²) in [5, 5.41) is 8.37. The smallest absolute Gasteiger partial charge is 0.326 e. The van der Waals surface area contributed by atoms with E-state index < -0.39 is 6.04 Å². The van der Waals surface area contributed by atoms with Gasteiger partial charge in [0.15, 0.2) is 0 Å². The molecule has 0 aliphatic carbocycles. The molecule has 164 valence electrons. The third kappa shape index (κ3) is 4.11. The van der Waals surface area contributed by atoms with Gasteiger partial charge >= 0.3 is 6.03 Å². The largest absolute Gasteiger partial charge is 0.334 e. The quantitative estimate of drug-likeness (QED) is 0.353. The van der Waals surface area contributed by atoms with Crippen molar-refractivity contribution < 1.29 is 9.32 Å². The molecule has 4 aromatic rings. The van der Waals surface area contributed by atoms with Crippen LogP contribution in [0, 0.1) is 0 Å². The van der Waals surface area contributed by atoms with Crippen molar-refractivity contribution in [2.24, 2.45) is 0 Å². The minimum atomic E-state index is -0.505. The van der Waals surface area contributed by atoms with E-state index >= 15 is 0 Å². The minimum absolute atomic E-state index is 0.290. The zero-order valence-electron chi connectivity index (χ0n) is 17.5. The van der Waals surface area contributed by atoms with Gasteiger partial charge in [-0.05, 0) is 42.8 Å². The third-order valence-corrected chi connectivity index (χ3v) is 5.93. The van der Waals surface area contributed by atoms with Crippen molar-refractivity contribution in [2.45, 2.75) is 13.0 Å². The van der Waals surface area contributed by atoms with E-state index in [-0.39, 0.29) is 6.03 Å². The van der Waals surface area contributed by atoms with Gasteiger partial charge in [-0.25, -0.2) is 4.79 Å². The maximum absolute atomic E-state index is 13.2. The monoisotopic (exact) mass is 476 g/mol. The van der Waals surface area contributed by atoms with Crippen molar-refractivity contribution >= 4 is 40.5 Å². The Balaban J connectivity index is 1.66. The first-order chi connectivity index (χ1) is 16.0. The van der Waals surface area contributed by atoms with Crippen LogP contribution in [0.5, 0.6) is 0 Å². The van der Waals surface area contributed by atoms with Crippen LogP contribution < -0.4 is 10.2 Å². The highest BCUT2D eigenvalue weighted by atomic mass is 35.5. The van der Waals surface area contributed by atoms with Gasteiger partial charge in [-0.1, -0.05) is 76.9 Å². The molecule has 1 N–H and O–H groups in total. The lowest BCUT2D eigenvalue weighted by Gasteiger charge is -2.35. The number of halogens is 2. The van der Waals surface area contributed by atoms with Crippen LogP contribution in [0.25, 0.3) is 17.0 Å². The Bertz CT molecular complexity index is 1350. The van der Waals surface area contributed by atoms with E-state index in [1.165, 1.54) is 0 Å². The van der Waals surface area contributed by atoms with E-state index in [2.05, 4.69) is 15.5 Å². The summed E-state index contributed by atoms with van der Waals surface area (Å²) in [6, 6.07) is 23.2. The highest BCUT2D eigenvalue weighted by molar-refractivity contribution is 6.31. The fraction of sp³-hybridized carbons (Fsp3) is 0.0800. The predicted molar refractivity (Wildman–Crippen MR) is 129 cm³/mol. The number of carbonyl (C=O) groups excluding carboxylic acids is 1. The van der Waals surface area contributed by atoms with Crippen LogP contribution in [-0.4, -0.2) is 16.2 Å². The molecule has 0 bridgehead atoms. The van der Waals surface area contributed by atoms with Crippen molar-refractivity contribution in [3.05, 3.63) is 106 Å². The zero-order valence-corrected chi connectivity index (χ0v) is 19.0. The number of carbonyl (C=O) groups is 1. The van der Waals surface area contributed by atoms with Crippen molar-refractivity contribution in [1.29, 1.82) is 0 Å². The second-order valence-electron chi connectivity index (χ2n) is 7.54. The van der Waals surface area contributed by atoms with E-state index in [0.29, 0.717) is 38.7 Å². The van der Waals surface area contributed by atoms with Gasteiger partial charge in [0.1, 0.15) is 0 Å². The number of nitrogens with zero attached hydrogens (tertiary/aromatic N) is 3. The number of hydrogen-bond donors (Lipinski definition) is 1. The first-order valence-corrected chi connectivity index (χ1v) is 11.0. The summed E-state index contributed by atoms with van der Waals surface area (Å²) in [6.45, 7) is 1.85. The van der Waals surface area contributed by atoms with Gasteiger partial charge in [0.2, 0.25) is 5.82 Å². The van der Waals surface area contributed by atoms with E-state index in [4.69, 9.17) is 27.7 Å². The first kappa shape index (κ1) is 21.2. The summed E-state index contributed by atoms with van der Waals surface area (Å²) >= 11 is 12.3. The summed E-state index contributed by atoms with van der Waals surface area (Å²) in [4.78, 5) is 19.4. The molecule has 0 radical (unpaired) electrons. The van der Waals surface area contributed by atoms with Crippen molar-refractivity contribution in [3.63, 3.8) is 0 Å². The summed E-state index contributed by atoms with van der Waals surface area (Å²) in [7, 11) is 0. The number of urea groups is 1. The average Bonchev–Trinajstić information content (AvgIpc) is 3.30. The highest BCUT2D eigenvalue weighted by Crippen LogP contribution is 2.39. The molecular weight excluding hydrogens is 459 g/mol. The normalized spacial score (nSPS) is 16.2. The zero-order chi connectivity index (χ0) is 22.9. The molecule has 1 unspecified atom stereocenters. The summed E-state index contributed by atoms with van der Waals surface area (Å²) < 4.78 is 5.70. The van der Waals surface area contributed by atoms with Gasteiger partial charge in [-0.2, -0.15) is 4.98 Å². The number of hydrogen-bond acceptors (Lipinski definition) is 4. The van der Waals surface area contributed by atoms with Gasteiger partial charge < -0.3 is 9.84 Å². The molecule has 1 atom stereocenters. The minimum Gasteiger partial charge on any atom is -0.334 e. The van der Waals surface area contributed by atoms with Crippen LogP contribution in [-0.2, 0) is 0 Å². The number of anilines is 1. The lowest BCUT2D eigenvalue weighted by molar-refractivity contribution is 0.244. The Kier molecular flexibility index (Phi) is 5.62. The maximum Gasteiger partial charge on any atom is 0.326 e.